The lowest BCUT2D eigenvalue weighted by molar-refractivity contribution is 0.476. The standard InChI is InChI=1S/C12H13ClN4/c1-8-3-2-4-15-11(8)12-10(13)9-7-14-5-6-17(9)16-12/h2-4,14H,5-7H2,1H3. The minimum absolute atomic E-state index is 0.721. The summed E-state index contributed by atoms with van der Waals surface area (Å²) in [4.78, 5) is 4.37. The molecule has 0 saturated heterocycles. The number of nitrogens with one attached hydrogen (secondary N) is 1. The van der Waals surface area contributed by atoms with E-state index in [1.54, 1.807) is 6.20 Å². The number of hydrogen-bond donors (Lipinski definition) is 1. The third-order valence-corrected chi connectivity index (χ3v) is 3.42. The molecule has 0 fully saturated rings. The lowest BCUT2D eigenvalue weighted by atomic mass is 10.1. The third kappa shape index (κ3) is 1.73. The van der Waals surface area contributed by atoms with Crippen molar-refractivity contribution in [2.75, 3.05) is 6.54 Å². The fourth-order valence-corrected chi connectivity index (χ4v) is 2.40. The molecule has 5 heteroatoms. The van der Waals surface area contributed by atoms with Gasteiger partial charge in [0.1, 0.15) is 5.69 Å². The predicted molar refractivity (Wildman–Crippen MR) is 66.9 cm³/mol. The summed E-state index contributed by atoms with van der Waals surface area (Å²) in [5.41, 5.74) is 3.82. The fourth-order valence-electron chi connectivity index (χ4n) is 2.11. The van der Waals surface area contributed by atoms with Crippen molar-refractivity contribution in [3.8, 4) is 11.4 Å². The van der Waals surface area contributed by atoms with Crippen molar-refractivity contribution in [3.05, 3.63) is 34.6 Å². The summed E-state index contributed by atoms with van der Waals surface area (Å²) in [5, 5.41) is 8.58. The van der Waals surface area contributed by atoms with Gasteiger partial charge in [0.05, 0.1) is 23.0 Å². The molecule has 88 valence electrons. The van der Waals surface area contributed by atoms with Crippen molar-refractivity contribution in [1.82, 2.24) is 20.1 Å². The molecule has 1 N–H and O–H groups in total. The van der Waals surface area contributed by atoms with Gasteiger partial charge in [0.15, 0.2) is 0 Å². The summed E-state index contributed by atoms with van der Waals surface area (Å²) in [6.45, 7) is 4.60. The molecule has 0 aliphatic carbocycles. The molecular formula is C12H13ClN4. The minimum Gasteiger partial charge on any atom is -0.309 e. The zero-order chi connectivity index (χ0) is 11.8. The van der Waals surface area contributed by atoms with E-state index < -0.39 is 0 Å². The molecule has 4 nitrogen and oxygen atoms in total. The van der Waals surface area contributed by atoms with Gasteiger partial charge < -0.3 is 5.32 Å². The zero-order valence-electron chi connectivity index (χ0n) is 9.57. The predicted octanol–water partition coefficient (Wildman–Crippen LogP) is 2.01. The number of aromatic nitrogens is 3. The molecule has 0 spiro atoms. The van der Waals surface area contributed by atoms with Crippen LogP contribution in [-0.2, 0) is 13.1 Å². The lowest BCUT2D eigenvalue weighted by Crippen LogP contribution is -2.28. The number of rotatable bonds is 1. The molecule has 0 saturated carbocycles. The number of aryl methyl sites for hydroxylation is 1. The van der Waals surface area contributed by atoms with Gasteiger partial charge in [0.25, 0.3) is 0 Å². The Morgan fingerprint density at radius 3 is 3.06 bits per heavy atom. The molecule has 1 aliphatic rings. The molecule has 2 aromatic rings. The summed E-state index contributed by atoms with van der Waals surface area (Å²) in [7, 11) is 0. The molecule has 0 bridgehead atoms. The molecule has 0 unspecified atom stereocenters. The molecule has 17 heavy (non-hydrogen) atoms. The van der Waals surface area contributed by atoms with Gasteiger partial charge in [-0.25, -0.2) is 0 Å². The maximum absolute atomic E-state index is 6.39. The van der Waals surface area contributed by atoms with E-state index in [9.17, 15) is 0 Å². The lowest BCUT2D eigenvalue weighted by Gasteiger charge is -2.14. The van der Waals surface area contributed by atoms with Crippen LogP contribution < -0.4 is 5.32 Å². The Balaban J connectivity index is 2.16. The average molecular weight is 249 g/mol. The first-order valence-corrected chi connectivity index (χ1v) is 6.03. The van der Waals surface area contributed by atoms with E-state index in [-0.39, 0.29) is 0 Å². The maximum atomic E-state index is 6.39. The highest BCUT2D eigenvalue weighted by atomic mass is 35.5. The minimum atomic E-state index is 0.721. The second-order valence-corrected chi connectivity index (χ2v) is 4.56. The van der Waals surface area contributed by atoms with E-state index in [2.05, 4.69) is 15.4 Å². The Hall–Kier alpha value is -1.39. The molecule has 0 atom stereocenters. The van der Waals surface area contributed by atoms with Crippen LogP contribution in [-0.4, -0.2) is 21.3 Å². The van der Waals surface area contributed by atoms with Crippen LogP contribution in [0.25, 0.3) is 11.4 Å². The fraction of sp³-hybridized carbons (Fsp3) is 0.333. The van der Waals surface area contributed by atoms with E-state index in [4.69, 9.17) is 11.6 Å². The highest BCUT2D eigenvalue weighted by Crippen LogP contribution is 2.31. The van der Waals surface area contributed by atoms with Gasteiger partial charge >= 0.3 is 0 Å². The van der Waals surface area contributed by atoms with Crippen LogP contribution in [0.5, 0.6) is 0 Å². The number of fused-ring (bicyclic) bond motifs is 1. The van der Waals surface area contributed by atoms with Crippen LogP contribution in [0.1, 0.15) is 11.3 Å². The zero-order valence-corrected chi connectivity index (χ0v) is 10.3. The first kappa shape index (κ1) is 10.7. The topological polar surface area (TPSA) is 42.7 Å². The van der Waals surface area contributed by atoms with E-state index in [0.717, 1.165) is 47.3 Å². The van der Waals surface area contributed by atoms with Crippen molar-refractivity contribution in [2.45, 2.75) is 20.0 Å². The van der Waals surface area contributed by atoms with Gasteiger partial charge in [-0.15, -0.1) is 0 Å². The summed E-state index contributed by atoms with van der Waals surface area (Å²) >= 11 is 6.39. The summed E-state index contributed by atoms with van der Waals surface area (Å²) in [6.07, 6.45) is 1.77. The Labute approximate surface area is 105 Å². The SMILES string of the molecule is Cc1cccnc1-c1nn2c(c1Cl)CNCC2. The van der Waals surface area contributed by atoms with Crippen LogP contribution in [0.4, 0.5) is 0 Å². The molecule has 0 amide bonds. The third-order valence-electron chi connectivity index (χ3n) is 3.02. The molecule has 3 heterocycles. The van der Waals surface area contributed by atoms with Crippen molar-refractivity contribution in [1.29, 1.82) is 0 Å². The van der Waals surface area contributed by atoms with E-state index in [1.807, 2.05) is 23.7 Å². The largest absolute Gasteiger partial charge is 0.309 e. The monoisotopic (exact) mass is 248 g/mol. The van der Waals surface area contributed by atoms with Gasteiger partial charge in [-0.05, 0) is 18.6 Å². The molecule has 2 aromatic heterocycles. The van der Waals surface area contributed by atoms with Gasteiger partial charge in [0.2, 0.25) is 0 Å². The quantitative estimate of drug-likeness (QED) is 0.840. The number of hydrogen-bond acceptors (Lipinski definition) is 3. The number of pyridine rings is 1. The van der Waals surface area contributed by atoms with E-state index in [0.29, 0.717) is 0 Å². The Bertz CT molecular complexity index is 562. The smallest absolute Gasteiger partial charge is 0.130 e. The van der Waals surface area contributed by atoms with Crippen molar-refractivity contribution >= 4 is 11.6 Å². The van der Waals surface area contributed by atoms with Gasteiger partial charge in [0, 0.05) is 19.3 Å². The highest BCUT2D eigenvalue weighted by Gasteiger charge is 2.21. The van der Waals surface area contributed by atoms with Crippen LogP contribution in [0.3, 0.4) is 0 Å². The van der Waals surface area contributed by atoms with Gasteiger partial charge in [-0.3, -0.25) is 9.67 Å². The Kier molecular flexibility index (Phi) is 2.61. The second-order valence-electron chi connectivity index (χ2n) is 4.18. The summed E-state index contributed by atoms with van der Waals surface area (Å²) in [6, 6.07) is 3.94. The Morgan fingerprint density at radius 2 is 2.29 bits per heavy atom. The molecule has 0 aromatic carbocycles. The van der Waals surface area contributed by atoms with Crippen LogP contribution >= 0.6 is 11.6 Å². The Morgan fingerprint density at radius 1 is 1.41 bits per heavy atom. The molecular weight excluding hydrogens is 236 g/mol. The average Bonchev–Trinajstić information content (AvgIpc) is 2.68. The van der Waals surface area contributed by atoms with Crippen molar-refractivity contribution in [3.63, 3.8) is 0 Å². The molecule has 0 radical (unpaired) electrons. The van der Waals surface area contributed by atoms with Gasteiger partial charge in [-0.1, -0.05) is 17.7 Å². The van der Waals surface area contributed by atoms with Crippen LogP contribution in [0, 0.1) is 6.92 Å². The first-order valence-electron chi connectivity index (χ1n) is 5.65. The van der Waals surface area contributed by atoms with E-state index >= 15 is 0 Å². The van der Waals surface area contributed by atoms with Crippen LogP contribution in [0.15, 0.2) is 18.3 Å². The van der Waals surface area contributed by atoms with Crippen molar-refractivity contribution in [2.24, 2.45) is 0 Å². The number of halogens is 1. The molecule has 1 aliphatic heterocycles. The second kappa shape index (κ2) is 4.13. The first-order chi connectivity index (χ1) is 8.27. The van der Waals surface area contributed by atoms with Crippen LogP contribution in [0.2, 0.25) is 5.02 Å². The number of nitrogens with zero attached hydrogens (tertiary/aromatic N) is 3. The van der Waals surface area contributed by atoms with Crippen molar-refractivity contribution < 1.29 is 0 Å². The summed E-state index contributed by atoms with van der Waals surface area (Å²) < 4.78 is 1.97. The van der Waals surface area contributed by atoms with Gasteiger partial charge in [-0.2, -0.15) is 5.10 Å². The highest BCUT2D eigenvalue weighted by molar-refractivity contribution is 6.33. The normalized spacial score (nSPS) is 14.7. The van der Waals surface area contributed by atoms with E-state index in [1.165, 1.54) is 0 Å². The molecule has 3 rings (SSSR count). The maximum Gasteiger partial charge on any atom is 0.130 e. The summed E-state index contributed by atoms with van der Waals surface area (Å²) in [5.74, 6) is 0.